The number of hydrogen-bond acceptors (Lipinski definition) is 1. The summed E-state index contributed by atoms with van der Waals surface area (Å²) < 4.78 is 36.7. The zero-order valence-electron chi connectivity index (χ0n) is 8.59. The number of rotatable bonds is 2. The van der Waals surface area contributed by atoms with Crippen LogP contribution in [0.15, 0.2) is 18.3 Å². The molecule has 1 fully saturated rings. The Morgan fingerprint density at radius 3 is 2.20 bits per heavy atom. The van der Waals surface area contributed by atoms with Crippen molar-refractivity contribution in [1.29, 1.82) is 0 Å². The van der Waals surface area contributed by atoms with Crippen LogP contribution in [-0.2, 0) is 0 Å². The van der Waals surface area contributed by atoms with Gasteiger partial charge in [0.05, 0.1) is 0 Å². The smallest absolute Gasteiger partial charge is 0.445 e. The van der Waals surface area contributed by atoms with Gasteiger partial charge >= 0.3 is 58.4 Å². The molecule has 1 aromatic heterocycles. The molecular weight excluding hydrogens is 229 g/mol. The molecular formula is C9H10BF3KN. The first kappa shape index (κ1) is 13.7. The van der Waals surface area contributed by atoms with Gasteiger partial charge in [-0.15, -0.1) is 0 Å². The van der Waals surface area contributed by atoms with Crippen LogP contribution in [0.1, 0.15) is 30.9 Å². The van der Waals surface area contributed by atoms with Crippen molar-refractivity contribution in [3.63, 3.8) is 0 Å². The minimum atomic E-state index is -4.89. The molecule has 0 atom stereocenters. The molecule has 0 spiro atoms. The van der Waals surface area contributed by atoms with Crippen LogP contribution in [0.25, 0.3) is 0 Å². The predicted octanol–water partition coefficient (Wildman–Crippen LogP) is -0.593. The Hall–Kier alpha value is 0.641. The summed E-state index contributed by atoms with van der Waals surface area (Å²) in [5.74, 6) is 0.393. The second kappa shape index (κ2) is 5.31. The fraction of sp³-hybridized carbons (Fsp3) is 0.444. The number of halogens is 3. The molecule has 15 heavy (non-hydrogen) atoms. The van der Waals surface area contributed by atoms with Crippen molar-refractivity contribution < 1.29 is 64.3 Å². The van der Waals surface area contributed by atoms with E-state index < -0.39 is 12.4 Å². The van der Waals surface area contributed by atoms with Crippen LogP contribution in [0, 0.1) is 0 Å². The molecule has 1 nitrogen and oxygen atoms in total. The molecule has 1 saturated carbocycles. The van der Waals surface area contributed by atoms with Gasteiger partial charge < -0.3 is 12.9 Å². The standard InChI is InChI=1S/C9H10BF3N.K/c11-10(12,13)8-4-5-9(14-6-8)7-2-1-3-7;/h4-7H,1-3H2;/q-1;+1. The summed E-state index contributed by atoms with van der Waals surface area (Å²) in [4.78, 5) is 3.86. The molecule has 0 unspecified atom stereocenters. The van der Waals surface area contributed by atoms with Crippen molar-refractivity contribution in [2.24, 2.45) is 0 Å². The van der Waals surface area contributed by atoms with Crippen molar-refractivity contribution >= 4 is 12.4 Å². The number of hydrogen-bond donors (Lipinski definition) is 0. The van der Waals surface area contributed by atoms with Gasteiger partial charge in [-0.3, -0.25) is 4.98 Å². The molecule has 1 aliphatic rings. The summed E-state index contributed by atoms with van der Waals surface area (Å²) in [6.45, 7) is -4.89. The van der Waals surface area contributed by atoms with Crippen molar-refractivity contribution in [3.8, 4) is 0 Å². The van der Waals surface area contributed by atoms with Crippen molar-refractivity contribution in [2.45, 2.75) is 25.2 Å². The van der Waals surface area contributed by atoms with E-state index in [0.29, 0.717) is 5.92 Å². The van der Waals surface area contributed by atoms with Crippen LogP contribution in [0.2, 0.25) is 0 Å². The van der Waals surface area contributed by atoms with E-state index in [1.165, 1.54) is 6.07 Å². The molecule has 0 bridgehead atoms. The van der Waals surface area contributed by atoms with Crippen LogP contribution >= 0.6 is 0 Å². The van der Waals surface area contributed by atoms with Crippen LogP contribution < -0.4 is 56.8 Å². The maximum absolute atomic E-state index is 12.2. The van der Waals surface area contributed by atoms with Crippen LogP contribution in [0.3, 0.4) is 0 Å². The Bertz CT molecular complexity index is 321. The Morgan fingerprint density at radius 1 is 1.20 bits per heavy atom. The molecule has 6 heteroatoms. The van der Waals surface area contributed by atoms with Crippen LogP contribution in [-0.4, -0.2) is 12.0 Å². The molecule has 0 amide bonds. The first-order chi connectivity index (χ1) is 6.57. The monoisotopic (exact) mass is 239 g/mol. The summed E-state index contributed by atoms with van der Waals surface area (Å²) in [6, 6.07) is 2.65. The zero-order valence-corrected chi connectivity index (χ0v) is 11.7. The fourth-order valence-electron chi connectivity index (χ4n) is 1.56. The quantitative estimate of drug-likeness (QED) is 0.628. The van der Waals surface area contributed by atoms with Crippen molar-refractivity contribution in [1.82, 2.24) is 4.98 Å². The maximum atomic E-state index is 12.2. The van der Waals surface area contributed by atoms with Crippen LogP contribution in [0.4, 0.5) is 12.9 Å². The van der Waals surface area contributed by atoms with E-state index in [0.717, 1.165) is 37.2 Å². The average Bonchev–Trinajstić information content (AvgIpc) is 2.00. The van der Waals surface area contributed by atoms with E-state index in [4.69, 9.17) is 0 Å². The van der Waals surface area contributed by atoms with Crippen molar-refractivity contribution in [2.75, 3.05) is 0 Å². The summed E-state index contributed by atoms with van der Waals surface area (Å²) in [6.07, 6.45) is 4.23. The van der Waals surface area contributed by atoms with E-state index in [-0.39, 0.29) is 51.4 Å². The van der Waals surface area contributed by atoms with E-state index in [9.17, 15) is 12.9 Å². The number of pyridine rings is 1. The second-order valence-corrected chi connectivity index (χ2v) is 3.72. The van der Waals surface area contributed by atoms with Gasteiger partial charge in [0, 0.05) is 17.8 Å². The van der Waals surface area contributed by atoms with E-state index in [1.54, 1.807) is 0 Å². The van der Waals surface area contributed by atoms with Gasteiger partial charge in [0.15, 0.2) is 0 Å². The molecule has 76 valence electrons. The Labute approximate surface area is 129 Å². The first-order valence-electron chi connectivity index (χ1n) is 4.73. The van der Waals surface area contributed by atoms with Gasteiger partial charge in [-0.25, -0.2) is 0 Å². The minimum Gasteiger partial charge on any atom is -0.445 e. The minimum absolute atomic E-state index is 0. The molecule has 2 rings (SSSR count). The van der Waals surface area contributed by atoms with Gasteiger partial charge in [0.1, 0.15) is 0 Å². The molecule has 1 heterocycles. The molecule has 0 saturated heterocycles. The predicted molar refractivity (Wildman–Crippen MR) is 49.5 cm³/mol. The SMILES string of the molecule is F[B-](F)(F)c1ccc(C2CCC2)nc1.[K+]. The Morgan fingerprint density at radius 2 is 1.87 bits per heavy atom. The molecule has 1 aliphatic carbocycles. The summed E-state index contributed by atoms with van der Waals surface area (Å²) in [7, 11) is 0. The molecule has 1 aromatic rings. The molecule has 0 radical (unpaired) electrons. The van der Waals surface area contributed by atoms with E-state index >= 15 is 0 Å². The van der Waals surface area contributed by atoms with Gasteiger partial charge in [-0.1, -0.05) is 17.9 Å². The summed E-state index contributed by atoms with van der Waals surface area (Å²) in [5, 5.41) is 0. The van der Waals surface area contributed by atoms with Gasteiger partial charge in [-0.2, -0.15) is 0 Å². The Kier molecular flexibility index (Phi) is 4.86. The van der Waals surface area contributed by atoms with Gasteiger partial charge in [0.25, 0.3) is 0 Å². The van der Waals surface area contributed by atoms with Gasteiger partial charge in [-0.05, 0) is 18.9 Å². The fourth-order valence-corrected chi connectivity index (χ4v) is 1.56. The van der Waals surface area contributed by atoms with Crippen LogP contribution in [0.5, 0.6) is 0 Å². The largest absolute Gasteiger partial charge is 1.00 e. The normalized spacial score (nSPS) is 16.7. The topological polar surface area (TPSA) is 12.9 Å². The zero-order chi connectivity index (χ0) is 10.2. The average molecular weight is 239 g/mol. The third-order valence-electron chi connectivity index (χ3n) is 2.71. The summed E-state index contributed by atoms with van der Waals surface area (Å²) >= 11 is 0. The van der Waals surface area contributed by atoms with E-state index in [2.05, 4.69) is 4.98 Å². The first-order valence-corrected chi connectivity index (χ1v) is 4.73. The van der Waals surface area contributed by atoms with Gasteiger partial charge in [0.2, 0.25) is 0 Å². The van der Waals surface area contributed by atoms with E-state index in [1.807, 2.05) is 0 Å². The number of aromatic nitrogens is 1. The summed E-state index contributed by atoms with van der Waals surface area (Å²) in [5.41, 5.74) is 0.202. The third-order valence-corrected chi connectivity index (χ3v) is 2.71. The Balaban J connectivity index is 0.00000112. The molecule has 0 N–H and O–H groups in total. The molecule has 0 aromatic carbocycles. The van der Waals surface area contributed by atoms with Crippen molar-refractivity contribution in [3.05, 3.63) is 24.0 Å². The number of nitrogens with zero attached hydrogens (tertiary/aromatic N) is 1. The maximum Gasteiger partial charge on any atom is 1.00 e. The second-order valence-electron chi connectivity index (χ2n) is 3.72. The third kappa shape index (κ3) is 3.30. The molecule has 0 aliphatic heterocycles.